The standard InChI is InChI=1S/C9H16N8O3/c1-2-20-9-14-7(16-12)13-8(15-9)17(3-5(10)18)4-6(11)19/h2-4,12H2,1H3,(H2,10,18)(H2,11,19)(H,13,14,15,16). The maximum atomic E-state index is 11.0. The first kappa shape index (κ1) is 15.4. The van der Waals surface area contributed by atoms with E-state index in [-0.39, 0.29) is 31.0 Å². The molecular weight excluding hydrogens is 268 g/mol. The van der Waals surface area contributed by atoms with Crippen LogP contribution in [-0.2, 0) is 9.59 Å². The summed E-state index contributed by atoms with van der Waals surface area (Å²) in [6.07, 6.45) is 0. The predicted molar refractivity (Wildman–Crippen MR) is 69.4 cm³/mol. The van der Waals surface area contributed by atoms with Gasteiger partial charge in [-0.2, -0.15) is 15.0 Å². The van der Waals surface area contributed by atoms with E-state index in [1.807, 2.05) is 0 Å². The number of hydrogen-bond donors (Lipinski definition) is 4. The van der Waals surface area contributed by atoms with Crippen molar-refractivity contribution in [3.05, 3.63) is 0 Å². The molecule has 0 aliphatic heterocycles. The first-order chi connectivity index (χ1) is 9.46. The van der Waals surface area contributed by atoms with Crippen LogP contribution in [0.3, 0.4) is 0 Å². The number of carbonyl (C=O) groups is 2. The number of hydrogen-bond acceptors (Lipinski definition) is 9. The van der Waals surface area contributed by atoms with Gasteiger partial charge in [-0.15, -0.1) is 0 Å². The van der Waals surface area contributed by atoms with Gasteiger partial charge in [0.2, 0.25) is 23.7 Å². The van der Waals surface area contributed by atoms with Crippen molar-refractivity contribution in [2.75, 3.05) is 30.0 Å². The fourth-order valence-corrected chi connectivity index (χ4v) is 1.32. The third-order valence-corrected chi connectivity index (χ3v) is 1.98. The van der Waals surface area contributed by atoms with Gasteiger partial charge in [-0.25, -0.2) is 5.84 Å². The van der Waals surface area contributed by atoms with Crippen molar-refractivity contribution >= 4 is 23.7 Å². The van der Waals surface area contributed by atoms with Crippen LogP contribution in [0.2, 0.25) is 0 Å². The molecule has 0 aliphatic carbocycles. The van der Waals surface area contributed by atoms with Crippen LogP contribution in [0.1, 0.15) is 6.92 Å². The Bertz CT molecular complexity index is 478. The minimum Gasteiger partial charge on any atom is -0.464 e. The lowest BCUT2D eigenvalue weighted by Gasteiger charge is -2.19. The van der Waals surface area contributed by atoms with Gasteiger partial charge in [0.1, 0.15) is 13.1 Å². The van der Waals surface area contributed by atoms with Crippen LogP contribution in [0, 0.1) is 0 Å². The van der Waals surface area contributed by atoms with Crippen LogP contribution < -0.4 is 32.4 Å². The highest BCUT2D eigenvalue weighted by Gasteiger charge is 2.17. The normalized spacial score (nSPS) is 9.90. The van der Waals surface area contributed by atoms with Crippen molar-refractivity contribution in [3.8, 4) is 6.01 Å². The van der Waals surface area contributed by atoms with E-state index < -0.39 is 11.8 Å². The van der Waals surface area contributed by atoms with Crippen LogP contribution in [0.25, 0.3) is 0 Å². The molecule has 11 nitrogen and oxygen atoms in total. The zero-order chi connectivity index (χ0) is 15.1. The van der Waals surface area contributed by atoms with Crippen LogP contribution in [0.4, 0.5) is 11.9 Å². The largest absolute Gasteiger partial charge is 0.464 e. The summed E-state index contributed by atoms with van der Waals surface area (Å²) in [5, 5.41) is 0. The molecule has 0 unspecified atom stereocenters. The number of rotatable bonds is 8. The maximum Gasteiger partial charge on any atom is 0.323 e. The number of ether oxygens (including phenoxy) is 1. The summed E-state index contributed by atoms with van der Waals surface area (Å²) in [6.45, 7) is 1.48. The molecule has 1 aromatic heterocycles. The van der Waals surface area contributed by atoms with Gasteiger partial charge in [-0.05, 0) is 6.92 Å². The molecule has 7 N–H and O–H groups in total. The quantitative estimate of drug-likeness (QED) is 0.293. The molecule has 2 amide bonds. The second-order valence-corrected chi connectivity index (χ2v) is 3.61. The van der Waals surface area contributed by atoms with Crippen LogP contribution in [0.15, 0.2) is 0 Å². The zero-order valence-corrected chi connectivity index (χ0v) is 10.9. The Hall–Kier alpha value is -2.69. The minimum absolute atomic E-state index is 0.00556. The van der Waals surface area contributed by atoms with Crippen molar-refractivity contribution < 1.29 is 14.3 Å². The molecule has 0 atom stereocenters. The van der Waals surface area contributed by atoms with Gasteiger partial charge in [-0.3, -0.25) is 15.0 Å². The van der Waals surface area contributed by atoms with E-state index in [0.29, 0.717) is 6.61 Å². The fourth-order valence-electron chi connectivity index (χ4n) is 1.32. The second kappa shape index (κ2) is 7.04. The van der Waals surface area contributed by atoms with Gasteiger partial charge in [0, 0.05) is 0 Å². The van der Waals surface area contributed by atoms with E-state index in [1.165, 1.54) is 4.90 Å². The number of primary amides is 2. The first-order valence-corrected chi connectivity index (χ1v) is 5.63. The summed E-state index contributed by atoms with van der Waals surface area (Å²) in [5.41, 5.74) is 12.4. The number of nitrogen functional groups attached to an aromatic ring is 1. The molecule has 0 saturated carbocycles. The Morgan fingerprint density at radius 2 is 1.80 bits per heavy atom. The van der Waals surface area contributed by atoms with E-state index >= 15 is 0 Å². The van der Waals surface area contributed by atoms with Crippen molar-refractivity contribution in [1.29, 1.82) is 0 Å². The molecule has 1 aromatic rings. The monoisotopic (exact) mass is 284 g/mol. The zero-order valence-electron chi connectivity index (χ0n) is 10.9. The number of nitrogens with two attached hydrogens (primary N) is 3. The van der Waals surface area contributed by atoms with Gasteiger partial charge in [0.05, 0.1) is 6.61 Å². The van der Waals surface area contributed by atoms with E-state index in [0.717, 1.165) is 0 Å². The lowest BCUT2D eigenvalue weighted by Crippen LogP contribution is -2.40. The lowest BCUT2D eigenvalue weighted by atomic mass is 10.4. The van der Waals surface area contributed by atoms with Gasteiger partial charge in [-0.1, -0.05) is 0 Å². The highest BCUT2D eigenvalue weighted by molar-refractivity contribution is 5.84. The van der Waals surface area contributed by atoms with Gasteiger partial charge in [0.15, 0.2) is 0 Å². The molecular formula is C9H16N8O3. The number of carbonyl (C=O) groups excluding carboxylic acids is 2. The van der Waals surface area contributed by atoms with Crippen molar-refractivity contribution in [2.24, 2.45) is 17.3 Å². The van der Waals surface area contributed by atoms with Crippen molar-refractivity contribution in [1.82, 2.24) is 15.0 Å². The Morgan fingerprint density at radius 1 is 1.20 bits per heavy atom. The molecule has 0 bridgehead atoms. The first-order valence-electron chi connectivity index (χ1n) is 5.63. The molecule has 0 spiro atoms. The van der Waals surface area contributed by atoms with Gasteiger partial charge in [0.25, 0.3) is 0 Å². The average molecular weight is 284 g/mol. The van der Waals surface area contributed by atoms with Crippen LogP contribution in [0.5, 0.6) is 6.01 Å². The smallest absolute Gasteiger partial charge is 0.323 e. The number of aromatic nitrogens is 3. The van der Waals surface area contributed by atoms with E-state index in [2.05, 4.69) is 20.4 Å². The van der Waals surface area contributed by atoms with E-state index in [4.69, 9.17) is 22.0 Å². The number of nitrogens with zero attached hydrogens (tertiary/aromatic N) is 4. The van der Waals surface area contributed by atoms with E-state index in [9.17, 15) is 9.59 Å². The second-order valence-electron chi connectivity index (χ2n) is 3.61. The van der Waals surface area contributed by atoms with Crippen LogP contribution in [-0.4, -0.2) is 46.5 Å². The summed E-state index contributed by atoms with van der Waals surface area (Å²) in [5.74, 6) is 3.88. The molecule has 0 aromatic carbocycles. The predicted octanol–water partition coefficient (Wildman–Crippen LogP) is -2.67. The summed E-state index contributed by atoms with van der Waals surface area (Å²) < 4.78 is 5.13. The van der Waals surface area contributed by atoms with Crippen LogP contribution >= 0.6 is 0 Å². The summed E-state index contributed by atoms with van der Waals surface area (Å²) in [4.78, 5) is 34.9. The number of hydrazine groups is 1. The molecule has 0 fully saturated rings. The number of amides is 2. The fraction of sp³-hybridized carbons (Fsp3) is 0.444. The molecule has 0 saturated heterocycles. The van der Waals surface area contributed by atoms with Crippen molar-refractivity contribution in [3.63, 3.8) is 0 Å². The highest BCUT2D eigenvalue weighted by atomic mass is 16.5. The number of nitrogens with one attached hydrogen (secondary N) is 1. The summed E-state index contributed by atoms with van der Waals surface area (Å²) in [7, 11) is 0. The van der Waals surface area contributed by atoms with Crippen molar-refractivity contribution in [2.45, 2.75) is 6.92 Å². The molecule has 110 valence electrons. The molecule has 0 radical (unpaired) electrons. The minimum atomic E-state index is -0.674. The molecule has 20 heavy (non-hydrogen) atoms. The molecule has 1 heterocycles. The summed E-state index contributed by atoms with van der Waals surface area (Å²) in [6, 6.07) is -0.00982. The van der Waals surface area contributed by atoms with Gasteiger partial charge >= 0.3 is 6.01 Å². The lowest BCUT2D eigenvalue weighted by molar-refractivity contribution is -0.117. The Balaban J connectivity index is 3.12. The number of anilines is 2. The van der Waals surface area contributed by atoms with E-state index in [1.54, 1.807) is 6.92 Å². The average Bonchev–Trinajstić information content (AvgIpc) is 2.37. The third-order valence-electron chi connectivity index (χ3n) is 1.98. The topological polar surface area (TPSA) is 175 Å². The molecule has 1 rings (SSSR count). The SMILES string of the molecule is CCOc1nc(NN)nc(N(CC(N)=O)CC(N)=O)n1. The Kier molecular flexibility index (Phi) is 5.41. The summed E-state index contributed by atoms with van der Waals surface area (Å²) >= 11 is 0. The molecule has 11 heteroatoms. The Morgan fingerprint density at radius 3 is 2.25 bits per heavy atom. The Labute approximate surface area is 114 Å². The highest BCUT2D eigenvalue weighted by Crippen LogP contribution is 2.14. The third kappa shape index (κ3) is 4.53. The maximum absolute atomic E-state index is 11.0. The van der Waals surface area contributed by atoms with Gasteiger partial charge < -0.3 is 21.1 Å². The molecule has 0 aliphatic rings.